The quantitative estimate of drug-likeness (QED) is 0.738. The topological polar surface area (TPSA) is 83.8 Å². The van der Waals surface area contributed by atoms with E-state index in [1.165, 1.54) is 30.0 Å². The number of nitrogen functional groups attached to an aromatic ring is 1. The van der Waals surface area contributed by atoms with Crippen molar-refractivity contribution in [1.82, 2.24) is 15.3 Å². The molecule has 0 bridgehead atoms. The summed E-state index contributed by atoms with van der Waals surface area (Å²) in [7, 11) is 0. The smallest absolute Gasteiger partial charge is 0.253 e. The maximum atomic E-state index is 13.5. The SMILES string of the molecule is CCNC(C)c1cc(F)ccc1Sc1nc(N)cc(=O)[nH]1. The molecule has 1 unspecified atom stereocenters. The van der Waals surface area contributed by atoms with E-state index in [0.717, 1.165) is 17.0 Å². The van der Waals surface area contributed by atoms with Gasteiger partial charge in [0.15, 0.2) is 5.16 Å². The lowest BCUT2D eigenvalue weighted by atomic mass is 10.1. The second-order valence-corrected chi connectivity index (χ2v) is 5.57. The zero-order valence-electron chi connectivity index (χ0n) is 11.8. The van der Waals surface area contributed by atoms with Crippen LogP contribution >= 0.6 is 11.8 Å². The number of hydrogen-bond donors (Lipinski definition) is 3. The van der Waals surface area contributed by atoms with Gasteiger partial charge in [-0.25, -0.2) is 9.37 Å². The van der Waals surface area contributed by atoms with Gasteiger partial charge in [0.2, 0.25) is 0 Å². The van der Waals surface area contributed by atoms with Crippen LogP contribution in [0.2, 0.25) is 0 Å². The number of rotatable bonds is 5. The second-order valence-electron chi connectivity index (χ2n) is 4.54. The van der Waals surface area contributed by atoms with Crippen molar-refractivity contribution in [3.05, 3.63) is 46.0 Å². The Morgan fingerprint density at radius 2 is 2.24 bits per heavy atom. The summed E-state index contributed by atoms with van der Waals surface area (Å²) in [6.45, 7) is 4.71. The number of nitrogens with two attached hydrogens (primary N) is 1. The number of hydrogen-bond acceptors (Lipinski definition) is 5. The van der Waals surface area contributed by atoms with Gasteiger partial charge in [-0.2, -0.15) is 0 Å². The second kappa shape index (κ2) is 6.73. The lowest BCUT2D eigenvalue weighted by molar-refractivity contribution is 0.574. The Hall–Kier alpha value is -1.86. The molecule has 0 amide bonds. The molecule has 0 aliphatic heterocycles. The van der Waals surface area contributed by atoms with Crippen LogP contribution in [0.3, 0.4) is 0 Å². The van der Waals surface area contributed by atoms with Gasteiger partial charge in [-0.1, -0.05) is 18.7 Å². The van der Waals surface area contributed by atoms with Crippen molar-refractivity contribution in [2.45, 2.75) is 29.9 Å². The molecule has 2 rings (SSSR count). The largest absolute Gasteiger partial charge is 0.383 e. The van der Waals surface area contributed by atoms with E-state index in [9.17, 15) is 9.18 Å². The summed E-state index contributed by atoms with van der Waals surface area (Å²) in [5.74, 6) is -0.141. The molecule has 2 aromatic rings. The van der Waals surface area contributed by atoms with Gasteiger partial charge in [-0.05, 0) is 37.2 Å². The first-order chi connectivity index (χ1) is 9.99. The lowest BCUT2D eigenvalue weighted by Gasteiger charge is -2.16. The van der Waals surface area contributed by atoms with Crippen LogP contribution < -0.4 is 16.6 Å². The summed E-state index contributed by atoms with van der Waals surface area (Å²) in [5, 5.41) is 3.63. The van der Waals surface area contributed by atoms with Crippen LogP contribution in [0.5, 0.6) is 0 Å². The molecule has 0 saturated heterocycles. The van der Waals surface area contributed by atoms with E-state index in [1.807, 2.05) is 13.8 Å². The molecule has 0 spiro atoms. The number of aromatic nitrogens is 2. The van der Waals surface area contributed by atoms with Gasteiger partial charge in [0.05, 0.1) is 0 Å². The van der Waals surface area contributed by atoms with Gasteiger partial charge in [0.1, 0.15) is 11.6 Å². The van der Waals surface area contributed by atoms with Crippen LogP contribution in [-0.2, 0) is 0 Å². The van der Waals surface area contributed by atoms with E-state index in [-0.39, 0.29) is 23.2 Å². The average molecular weight is 308 g/mol. The van der Waals surface area contributed by atoms with Crippen molar-refractivity contribution in [3.8, 4) is 0 Å². The molecule has 1 aromatic heterocycles. The first-order valence-electron chi connectivity index (χ1n) is 6.57. The summed E-state index contributed by atoms with van der Waals surface area (Å²) in [6, 6.07) is 5.75. The van der Waals surface area contributed by atoms with Crippen LogP contribution in [0, 0.1) is 5.82 Å². The minimum absolute atomic E-state index is 0.0130. The number of aromatic amines is 1. The molecule has 112 valence electrons. The van der Waals surface area contributed by atoms with Crippen LogP contribution in [0.15, 0.2) is 39.1 Å². The molecule has 0 radical (unpaired) electrons. The summed E-state index contributed by atoms with van der Waals surface area (Å²) < 4.78 is 13.5. The molecular weight excluding hydrogens is 291 g/mol. The fraction of sp³-hybridized carbons (Fsp3) is 0.286. The number of halogens is 1. The average Bonchev–Trinajstić information content (AvgIpc) is 2.40. The zero-order chi connectivity index (χ0) is 15.4. The Labute approximate surface area is 126 Å². The van der Waals surface area contributed by atoms with Crippen molar-refractivity contribution in [3.63, 3.8) is 0 Å². The molecule has 1 aromatic carbocycles. The molecule has 4 N–H and O–H groups in total. The van der Waals surface area contributed by atoms with Crippen molar-refractivity contribution >= 4 is 17.6 Å². The molecule has 0 aliphatic carbocycles. The van der Waals surface area contributed by atoms with E-state index >= 15 is 0 Å². The Kier molecular flexibility index (Phi) is 4.98. The van der Waals surface area contributed by atoms with Gasteiger partial charge in [0.25, 0.3) is 5.56 Å². The molecule has 0 saturated carbocycles. The number of H-pyrrole nitrogens is 1. The minimum atomic E-state index is -0.312. The van der Waals surface area contributed by atoms with Gasteiger partial charge in [0, 0.05) is 17.0 Å². The van der Waals surface area contributed by atoms with E-state index < -0.39 is 0 Å². The molecule has 0 fully saturated rings. The van der Waals surface area contributed by atoms with Crippen molar-refractivity contribution in [2.75, 3.05) is 12.3 Å². The molecule has 1 heterocycles. The summed E-state index contributed by atoms with van der Waals surface area (Å²) >= 11 is 1.25. The third-order valence-corrected chi connectivity index (χ3v) is 3.87. The first kappa shape index (κ1) is 15.5. The highest BCUT2D eigenvalue weighted by molar-refractivity contribution is 7.99. The van der Waals surface area contributed by atoms with Gasteiger partial charge in [-0.3, -0.25) is 4.79 Å². The van der Waals surface area contributed by atoms with Crippen molar-refractivity contribution < 1.29 is 4.39 Å². The van der Waals surface area contributed by atoms with E-state index in [0.29, 0.717) is 5.16 Å². The predicted molar refractivity (Wildman–Crippen MR) is 81.9 cm³/mol. The molecule has 7 heteroatoms. The Balaban J connectivity index is 2.36. The number of benzene rings is 1. The summed E-state index contributed by atoms with van der Waals surface area (Å²) in [5.41, 5.74) is 6.07. The van der Waals surface area contributed by atoms with Crippen LogP contribution in [0.4, 0.5) is 10.2 Å². The van der Waals surface area contributed by atoms with Gasteiger partial charge in [-0.15, -0.1) is 0 Å². The van der Waals surface area contributed by atoms with Crippen LogP contribution in [-0.4, -0.2) is 16.5 Å². The fourth-order valence-corrected chi connectivity index (χ4v) is 2.97. The van der Waals surface area contributed by atoms with Gasteiger partial charge < -0.3 is 16.0 Å². The highest BCUT2D eigenvalue weighted by Gasteiger charge is 2.13. The Bertz CT molecular complexity index is 689. The zero-order valence-corrected chi connectivity index (χ0v) is 12.6. The summed E-state index contributed by atoms with van der Waals surface area (Å²) in [4.78, 5) is 18.9. The minimum Gasteiger partial charge on any atom is -0.383 e. The van der Waals surface area contributed by atoms with Crippen LogP contribution in [0.1, 0.15) is 25.5 Å². The van der Waals surface area contributed by atoms with Gasteiger partial charge >= 0.3 is 0 Å². The Morgan fingerprint density at radius 1 is 1.48 bits per heavy atom. The van der Waals surface area contributed by atoms with Crippen molar-refractivity contribution in [1.29, 1.82) is 0 Å². The maximum absolute atomic E-state index is 13.5. The Morgan fingerprint density at radius 3 is 2.90 bits per heavy atom. The number of anilines is 1. The lowest BCUT2D eigenvalue weighted by Crippen LogP contribution is -2.18. The maximum Gasteiger partial charge on any atom is 0.253 e. The molecule has 21 heavy (non-hydrogen) atoms. The number of nitrogens with zero attached hydrogens (tertiary/aromatic N) is 1. The third kappa shape index (κ3) is 4.05. The monoisotopic (exact) mass is 308 g/mol. The van der Waals surface area contributed by atoms with E-state index in [2.05, 4.69) is 15.3 Å². The third-order valence-electron chi connectivity index (χ3n) is 2.90. The molecule has 0 aliphatic rings. The molecule has 5 nitrogen and oxygen atoms in total. The molecule has 1 atom stereocenters. The van der Waals surface area contributed by atoms with Crippen molar-refractivity contribution in [2.24, 2.45) is 0 Å². The summed E-state index contributed by atoms with van der Waals surface area (Å²) in [6.07, 6.45) is 0. The predicted octanol–water partition coefficient (Wildman–Crippen LogP) is 2.31. The highest BCUT2D eigenvalue weighted by atomic mass is 32.2. The normalized spacial score (nSPS) is 12.3. The fourth-order valence-electron chi connectivity index (χ4n) is 1.97. The van der Waals surface area contributed by atoms with E-state index in [4.69, 9.17) is 5.73 Å². The standard InChI is InChI=1S/C14H17FN4OS/c1-3-17-8(2)10-6-9(15)4-5-11(10)21-14-18-12(16)7-13(20)19-14/h4-8,17H,3H2,1-2H3,(H3,16,18,19,20). The van der Waals surface area contributed by atoms with E-state index in [1.54, 1.807) is 6.07 Å². The highest BCUT2D eigenvalue weighted by Crippen LogP contribution is 2.31. The first-order valence-corrected chi connectivity index (χ1v) is 7.38. The molecular formula is C14H17FN4OS. The van der Waals surface area contributed by atoms with Crippen LogP contribution in [0.25, 0.3) is 0 Å². The number of nitrogens with one attached hydrogen (secondary N) is 2.